The van der Waals surface area contributed by atoms with Gasteiger partial charge in [0, 0.05) is 22.5 Å². The van der Waals surface area contributed by atoms with Gasteiger partial charge in [0.2, 0.25) is 0 Å². The van der Waals surface area contributed by atoms with Gasteiger partial charge in [0.1, 0.15) is 5.82 Å². The normalized spacial score (nSPS) is 15.3. The first-order valence-electron chi connectivity index (χ1n) is 16.2. The van der Waals surface area contributed by atoms with Crippen molar-refractivity contribution in [2.45, 2.75) is 5.41 Å². The molecule has 47 heavy (non-hydrogen) atoms. The predicted octanol–water partition coefficient (Wildman–Crippen LogP) is 10.8. The van der Waals surface area contributed by atoms with Gasteiger partial charge < -0.3 is 4.90 Å². The minimum Gasteiger partial charge on any atom is -0.310 e. The van der Waals surface area contributed by atoms with Crippen LogP contribution in [0.4, 0.5) is 17.1 Å². The van der Waals surface area contributed by atoms with E-state index >= 15 is 0 Å². The number of rotatable bonds is 4. The Morgan fingerprint density at radius 1 is 0.468 bits per heavy atom. The molecule has 3 nitrogen and oxygen atoms in total. The molecule has 0 fully saturated rings. The van der Waals surface area contributed by atoms with Crippen molar-refractivity contribution < 1.29 is 0 Å². The van der Waals surface area contributed by atoms with Crippen LogP contribution in [0.2, 0.25) is 0 Å². The van der Waals surface area contributed by atoms with E-state index in [4.69, 9.17) is 4.98 Å². The molecule has 1 aliphatic heterocycles. The largest absolute Gasteiger partial charge is 0.310 e. The molecule has 3 heteroatoms. The van der Waals surface area contributed by atoms with Crippen molar-refractivity contribution >= 4 is 28.1 Å². The summed E-state index contributed by atoms with van der Waals surface area (Å²) >= 11 is 0. The molecule has 0 saturated carbocycles. The third-order valence-corrected chi connectivity index (χ3v) is 9.98. The van der Waals surface area contributed by atoms with Crippen molar-refractivity contribution in [2.24, 2.45) is 0 Å². The molecule has 2 heterocycles. The third kappa shape index (κ3) is 3.48. The Kier molecular flexibility index (Phi) is 5.49. The number of fused-ring (bicyclic) bond motifs is 9. The maximum absolute atomic E-state index is 5.30. The lowest BCUT2D eigenvalue weighted by molar-refractivity contribution is 0.746. The maximum Gasteiger partial charge on any atom is 0.145 e. The summed E-state index contributed by atoms with van der Waals surface area (Å²) in [5, 5.41) is 0. The number of benzene rings is 7. The number of hydrogen-bond donors (Lipinski definition) is 0. The zero-order valence-corrected chi connectivity index (χ0v) is 25.6. The van der Waals surface area contributed by atoms with Gasteiger partial charge in [-0.15, -0.1) is 0 Å². The fourth-order valence-electron chi connectivity index (χ4n) is 8.23. The molecule has 1 aromatic heterocycles. The van der Waals surface area contributed by atoms with E-state index in [2.05, 4.69) is 185 Å². The summed E-state index contributed by atoms with van der Waals surface area (Å²) in [7, 11) is 0. The summed E-state index contributed by atoms with van der Waals surface area (Å²) in [5.41, 5.74) is 15.0. The van der Waals surface area contributed by atoms with E-state index in [0.717, 1.165) is 34.0 Å². The highest BCUT2D eigenvalue weighted by Gasteiger charge is 2.51. The Balaban J connectivity index is 1.35. The SMILES string of the molecule is c1ccc(-c2nc3cccc4c3n2-c2ccccc2C42c3ccccc3-c3c(N(c4ccccc4)c4ccccc4)cccc32)cc1. The topological polar surface area (TPSA) is 21.1 Å². The lowest BCUT2D eigenvalue weighted by Crippen LogP contribution is -2.33. The maximum atomic E-state index is 5.30. The molecule has 8 aromatic rings. The molecule has 7 aromatic carbocycles. The van der Waals surface area contributed by atoms with Crippen molar-refractivity contribution in [3.8, 4) is 28.2 Å². The summed E-state index contributed by atoms with van der Waals surface area (Å²) in [6, 6.07) is 63.5. The number of imidazole rings is 1. The molecular weight excluding hydrogens is 571 g/mol. The summed E-state index contributed by atoms with van der Waals surface area (Å²) in [4.78, 5) is 7.70. The van der Waals surface area contributed by atoms with Crippen LogP contribution in [0.3, 0.4) is 0 Å². The van der Waals surface area contributed by atoms with Gasteiger partial charge in [0.05, 0.1) is 27.8 Å². The van der Waals surface area contributed by atoms with Gasteiger partial charge in [0.25, 0.3) is 0 Å². The number of para-hydroxylation sites is 4. The van der Waals surface area contributed by atoms with Crippen LogP contribution in [-0.2, 0) is 5.41 Å². The number of anilines is 3. The predicted molar refractivity (Wildman–Crippen MR) is 192 cm³/mol. The zero-order chi connectivity index (χ0) is 31.0. The highest BCUT2D eigenvalue weighted by atomic mass is 15.1. The van der Waals surface area contributed by atoms with E-state index in [0.29, 0.717) is 0 Å². The fourth-order valence-corrected chi connectivity index (χ4v) is 8.23. The van der Waals surface area contributed by atoms with Crippen LogP contribution >= 0.6 is 0 Å². The lowest BCUT2D eigenvalue weighted by atomic mass is 9.65. The van der Waals surface area contributed by atoms with Gasteiger partial charge in [-0.3, -0.25) is 4.57 Å². The van der Waals surface area contributed by atoms with E-state index in [1.54, 1.807) is 0 Å². The fraction of sp³-hybridized carbons (Fsp3) is 0.0227. The van der Waals surface area contributed by atoms with Crippen LogP contribution in [0.15, 0.2) is 176 Å². The molecule has 0 saturated heterocycles. The molecule has 1 atom stereocenters. The van der Waals surface area contributed by atoms with Gasteiger partial charge >= 0.3 is 0 Å². The summed E-state index contributed by atoms with van der Waals surface area (Å²) in [6.45, 7) is 0. The minimum absolute atomic E-state index is 0.527. The second-order valence-corrected chi connectivity index (χ2v) is 12.3. The average molecular weight is 600 g/mol. The molecule has 0 radical (unpaired) electrons. The van der Waals surface area contributed by atoms with Gasteiger partial charge in [-0.05, 0) is 70.3 Å². The van der Waals surface area contributed by atoms with Gasteiger partial charge in [-0.1, -0.05) is 133 Å². The standard InChI is InChI=1S/C44H29N3/c1-4-16-30(17-5-1)43-45-38-27-14-26-37-42(38)47(43)39-28-13-12-24-35(39)44(37)34-23-11-10-22-33(34)41-36(44)25-15-29-40(41)46(31-18-6-2-7-19-31)32-20-8-3-9-21-32/h1-29H. The Labute approximate surface area is 273 Å². The second-order valence-electron chi connectivity index (χ2n) is 12.3. The zero-order valence-electron chi connectivity index (χ0n) is 25.6. The molecule has 0 N–H and O–H groups in total. The third-order valence-electron chi connectivity index (χ3n) is 9.98. The highest BCUT2D eigenvalue weighted by Crippen LogP contribution is 2.62. The average Bonchev–Trinajstić information content (AvgIpc) is 3.68. The van der Waals surface area contributed by atoms with Crippen molar-refractivity contribution in [1.29, 1.82) is 0 Å². The summed E-state index contributed by atoms with van der Waals surface area (Å²) in [5.74, 6) is 0.968. The molecule has 1 spiro atoms. The van der Waals surface area contributed by atoms with Crippen LogP contribution in [0.25, 0.3) is 39.2 Å². The van der Waals surface area contributed by atoms with Crippen LogP contribution in [0, 0.1) is 0 Å². The lowest BCUT2D eigenvalue weighted by Gasteiger charge is -2.39. The monoisotopic (exact) mass is 599 g/mol. The first kappa shape index (κ1) is 26.1. The Hall–Kier alpha value is -6.19. The highest BCUT2D eigenvalue weighted by molar-refractivity contribution is 6.01. The van der Waals surface area contributed by atoms with Gasteiger partial charge in [-0.2, -0.15) is 0 Å². The number of aromatic nitrogens is 2. The quantitative estimate of drug-likeness (QED) is 0.201. The summed E-state index contributed by atoms with van der Waals surface area (Å²) in [6.07, 6.45) is 0. The van der Waals surface area contributed by atoms with Crippen LogP contribution < -0.4 is 4.90 Å². The van der Waals surface area contributed by atoms with Crippen LogP contribution in [-0.4, -0.2) is 9.55 Å². The number of nitrogens with zero attached hydrogens (tertiary/aromatic N) is 3. The molecule has 0 amide bonds. The molecule has 0 bridgehead atoms. The second kappa shape index (κ2) is 9.90. The van der Waals surface area contributed by atoms with Gasteiger partial charge in [-0.25, -0.2) is 4.98 Å². The van der Waals surface area contributed by atoms with E-state index in [9.17, 15) is 0 Å². The first-order valence-corrected chi connectivity index (χ1v) is 16.2. The van der Waals surface area contributed by atoms with E-state index < -0.39 is 5.41 Å². The van der Waals surface area contributed by atoms with Crippen LogP contribution in [0.1, 0.15) is 22.3 Å². The molecular formula is C44H29N3. The first-order chi connectivity index (χ1) is 23.4. The molecule has 220 valence electrons. The molecule has 2 aliphatic rings. The Bertz CT molecular complexity index is 2420. The van der Waals surface area contributed by atoms with Crippen molar-refractivity contribution in [1.82, 2.24) is 9.55 Å². The van der Waals surface area contributed by atoms with Crippen molar-refractivity contribution in [3.63, 3.8) is 0 Å². The molecule has 10 rings (SSSR count). The van der Waals surface area contributed by atoms with E-state index in [-0.39, 0.29) is 0 Å². The Morgan fingerprint density at radius 2 is 1.04 bits per heavy atom. The smallest absolute Gasteiger partial charge is 0.145 e. The Morgan fingerprint density at radius 3 is 1.79 bits per heavy atom. The molecule has 1 unspecified atom stereocenters. The number of hydrogen-bond acceptors (Lipinski definition) is 2. The summed E-state index contributed by atoms with van der Waals surface area (Å²) < 4.78 is 2.39. The van der Waals surface area contributed by atoms with E-state index in [1.165, 1.54) is 44.6 Å². The minimum atomic E-state index is -0.527. The van der Waals surface area contributed by atoms with Crippen LogP contribution in [0.5, 0.6) is 0 Å². The van der Waals surface area contributed by atoms with Crippen molar-refractivity contribution in [3.05, 3.63) is 198 Å². The van der Waals surface area contributed by atoms with Crippen molar-refractivity contribution in [2.75, 3.05) is 4.90 Å². The van der Waals surface area contributed by atoms with Gasteiger partial charge in [0.15, 0.2) is 0 Å². The molecule has 1 aliphatic carbocycles. The van der Waals surface area contributed by atoms with E-state index in [1.807, 2.05) is 0 Å².